The Morgan fingerprint density at radius 3 is 2.80 bits per heavy atom. The summed E-state index contributed by atoms with van der Waals surface area (Å²) < 4.78 is 28.1. The van der Waals surface area contributed by atoms with Crippen molar-refractivity contribution < 1.29 is 23.5 Å². The van der Waals surface area contributed by atoms with Gasteiger partial charge >= 0.3 is 0 Å². The summed E-state index contributed by atoms with van der Waals surface area (Å²) in [4.78, 5) is 39.3. The SMILES string of the molecule is CC1C=CCN2CN1n1cc(C(=O)NCc3ccc(F)cc3F)c(=O)c(O)c1C2=O. The first-order valence-corrected chi connectivity index (χ1v) is 9.21. The predicted molar refractivity (Wildman–Crippen MR) is 103 cm³/mol. The van der Waals surface area contributed by atoms with Crippen molar-refractivity contribution in [2.75, 3.05) is 18.2 Å². The molecule has 0 spiro atoms. The van der Waals surface area contributed by atoms with Crippen LogP contribution in [0.15, 0.2) is 41.3 Å². The molecule has 30 heavy (non-hydrogen) atoms. The highest BCUT2D eigenvalue weighted by Gasteiger charge is 2.36. The molecule has 2 bridgehead atoms. The van der Waals surface area contributed by atoms with E-state index in [-0.39, 0.29) is 30.5 Å². The number of aromatic nitrogens is 1. The van der Waals surface area contributed by atoms with Crippen molar-refractivity contribution in [1.29, 1.82) is 0 Å². The molecule has 0 fully saturated rings. The number of hydrogen-bond donors (Lipinski definition) is 2. The minimum Gasteiger partial charge on any atom is -0.502 e. The van der Waals surface area contributed by atoms with Gasteiger partial charge in [0, 0.05) is 30.9 Å². The molecule has 8 nitrogen and oxygen atoms in total. The number of rotatable bonds is 3. The summed E-state index contributed by atoms with van der Waals surface area (Å²) in [5.41, 5.74) is -1.60. The first-order valence-electron chi connectivity index (χ1n) is 9.21. The van der Waals surface area contributed by atoms with E-state index in [1.54, 1.807) is 5.01 Å². The van der Waals surface area contributed by atoms with Crippen LogP contribution in [0.1, 0.15) is 33.3 Å². The zero-order chi connectivity index (χ0) is 21.6. The van der Waals surface area contributed by atoms with Gasteiger partial charge in [-0.05, 0) is 13.0 Å². The predicted octanol–water partition coefficient (Wildman–Crippen LogP) is 1.07. The molecule has 156 valence electrons. The molecule has 2 aliphatic rings. The highest BCUT2D eigenvalue weighted by atomic mass is 19.1. The molecule has 2 amide bonds. The third-order valence-electron chi connectivity index (χ3n) is 5.16. The van der Waals surface area contributed by atoms with E-state index in [9.17, 15) is 28.3 Å². The molecule has 0 aliphatic carbocycles. The summed E-state index contributed by atoms with van der Waals surface area (Å²) in [6.45, 7) is 2.12. The Balaban J connectivity index is 1.69. The first kappa shape index (κ1) is 19.6. The van der Waals surface area contributed by atoms with Crippen LogP contribution in [0.25, 0.3) is 0 Å². The fourth-order valence-electron chi connectivity index (χ4n) is 3.50. The smallest absolute Gasteiger partial charge is 0.278 e. The van der Waals surface area contributed by atoms with E-state index in [1.165, 1.54) is 21.8 Å². The summed E-state index contributed by atoms with van der Waals surface area (Å²) >= 11 is 0. The molecule has 0 saturated carbocycles. The van der Waals surface area contributed by atoms with Crippen molar-refractivity contribution in [3.8, 4) is 5.75 Å². The highest BCUT2D eigenvalue weighted by Crippen LogP contribution is 2.24. The number of carbonyl (C=O) groups is 2. The Morgan fingerprint density at radius 2 is 2.07 bits per heavy atom. The van der Waals surface area contributed by atoms with Crippen LogP contribution in [-0.4, -0.2) is 45.8 Å². The number of hydrogen-bond acceptors (Lipinski definition) is 5. The van der Waals surface area contributed by atoms with Crippen LogP contribution < -0.4 is 15.8 Å². The Bertz CT molecular complexity index is 1140. The third kappa shape index (κ3) is 3.19. The number of nitrogens with one attached hydrogen (secondary N) is 1. The topological polar surface area (TPSA) is 94.9 Å². The molecule has 2 aromatic rings. The van der Waals surface area contributed by atoms with Crippen molar-refractivity contribution in [1.82, 2.24) is 14.9 Å². The van der Waals surface area contributed by atoms with Crippen molar-refractivity contribution in [2.45, 2.75) is 19.5 Å². The van der Waals surface area contributed by atoms with E-state index in [1.807, 2.05) is 19.1 Å². The third-order valence-corrected chi connectivity index (χ3v) is 5.16. The van der Waals surface area contributed by atoms with E-state index < -0.39 is 40.2 Å². The van der Waals surface area contributed by atoms with Crippen molar-refractivity contribution >= 4 is 11.8 Å². The molecule has 4 rings (SSSR count). The first-order chi connectivity index (χ1) is 14.3. The summed E-state index contributed by atoms with van der Waals surface area (Å²) in [6.07, 6.45) is 4.88. The number of fused-ring (bicyclic) bond motifs is 4. The Hall–Kier alpha value is -3.69. The maximum absolute atomic E-state index is 13.8. The van der Waals surface area contributed by atoms with Gasteiger partial charge in [-0.25, -0.2) is 8.78 Å². The van der Waals surface area contributed by atoms with Crippen LogP contribution in [0.2, 0.25) is 0 Å². The van der Waals surface area contributed by atoms with Gasteiger partial charge in [-0.15, -0.1) is 0 Å². The second-order valence-corrected chi connectivity index (χ2v) is 7.11. The Morgan fingerprint density at radius 1 is 1.30 bits per heavy atom. The molecule has 1 atom stereocenters. The van der Waals surface area contributed by atoms with Crippen LogP contribution >= 0.6 is 0 Å². The molecule has 10 heteroatoms. The Labute approximate surface area is 169 Å². The number of carbonyl (C=O) groups excluding carboxylic acids is 2. The number of amides is 2. The lowest BCUT2D eigenvalue weighted by atomic mass is 10.1. The lowest BCUT2D eigenvalue weighted by Gasteiger charge is -2.40. The summed E-state index contributed by atoms with van der Waals surface area (Å²) in [6, 6.07) is 2.75. The number of aromatic hydroxyl groups is 1. The zero-order valence-electron chi connectivity index (χ0n) is 15.9. The minimum absolute atomic E-state index is 0.0316. The van der Waals surface area contributed by atoms with Gasteiger partial charge < -0.3 is 15.3 Å². The van der Waals surface area contributed by atoms with E-state index in [4.69, 9.17) is 0 Å². The van der Waals surface area contributed by atoms with Crippen molar-refractivity contribution in [3.63, 3.8) is 0 Å². The maximum atomic E-state index is 13.8. The monoisotopic (exact) mass is 416 g/mol. The van der Waals surface area contributed by atoms with E-state index >= 15 is 0 Å². The molecule has 2 N–H and O–H groups in total. The van der Waals surface area contributed by atoms with Gasteiger partial charge in [-0.3, -0.25) is 24.1 Å². The average Bonchev–Trinajstić information content (AvgIpc) is 2.87. The molecule has 0 saturated heterocycles. The average molecular weight is 416 g/mol. The van der Waals surface area contributed by atoms with Crippen molar-refractivity contribution in [3.05, 3.63) is 75.2 Å². The molecule has 1 aromatic heterocycles. The van der Waals surface area contributed by atoms with Gasteiger partial charge in [-0.2, -0.15) is 0 Å². The number of halogens is 2. The second-order valence-electron chi connectivity index (χ2n) is 7.11. The van der Waals surface area contributed by atoms with E-state index in [2.05, 4.69) is 5.32 Å². The normalized spacial score (nSPS) is 17.6. The van der Waals surface area contributed by atoms with Crippen LogP contribution in [0.3, 0.4) is 0 Å². The van der Waals surface area contributed by atoms with Gasteiger partial charge in [0.2, 0.25) is 5.43 Å². The van der Waals surface area contributed by atoms with E-state index in [0.29, 0.717) is 12.6 Å². The van der Waals surface area contributed by atoms with Gasteiger partial charge in [-0.1, -0.05) is 18.2 Å². The van der Waals surface area contributed by atoms with Crippen molar-refractivity contribution in [2.24, 2.45) is 0 Å². The molecule has 0 radical (unpaired) electrons. The summed E-state index contributed by atoms with van der Waals surface area (Å²) in [5, 5.41) is 14.5. The molecular formula is C20H18F2N4O4. The maximum Gasteiger partial charge on any atom is 0.278 e. The van der Waals surface area contributed by atoms with Gasteiger partial charge in [0.1, 0.15) is 23.9 Å². The van der Waals surface area contributed by atoms with Crippen LogP contribution in [0.5, 0.6) is 5.75 Å². The Kier molecular flexibility index (Phi) is 4.76. The van der Waals surface area contributed by atoms with Crippen LogP contribution in [-0.2, 0) is 6.54 Å². The standard InChI is InChI=1S/C20H18F2N4O4/c1-11-3-2-6-24-10-26(11)25-9-14(17(27)18(28)16(25)20(24)30)19(29)23-8-12-4-5-13(21)7-15(12)22/h2-5,7,9,11,28H,6,8,10H2,1H3,(H,23,29). The second kappa shape index (κ2) is 7.29. The fraction of sp³-hybridized carbons (Fsp3) is 0.250. The fourth-order valence-corrected chi connectivity index (χ4v) is 3.50. The number of pyridine rings is 1. The van der Waals surface area contributed by atoms with E-state index in [0.717, 1.165) is 6.07 Å². The molecule has 3 heterocycles. The lowest BCUT2D eigenvalue weighted by molar-refractivity contribution is 0.0707. The lowest BCUT2D eigenvalue weighted by Crippen LogP contribution is -2.56. The van der Waals surface area contributed by atoms with Gasteiger partial charge in [0.05, 0.1) is 6.04 Å². The van der Waals surface area contributed by atoms with Gasteiger partial charge in [0.15, 0.2) is 11.4 Å². The van der Waals surface area contributed by atoms with Crippen LogP contribution in [0.4, 0.5) is 8.78 Å². The quantitative estimate of drug-likeness (QED) is 0.730. The largest absolute Gasteiger partial charge is 0.502 e. The van der Waals surface area contributed by atoms with Crippen LogP contribution in [0, 0.1) is 11.6 Å². The van der Waals surface area contributed by atoms with Gasteiger partial charge in [0.25, 0.3) is 11.8 Å². The summed E-state index contributed by atoms with van der Waals surface area (Å²) in [7, 11) is 0. The number of nitrogens with zero attached hydrogens (tertiary/aromatic N) is 3. The minimum atomic E-state index is -1.01. The highest BCUT2D eigenvalue weighted by molar-refractivity contribution is 5.99. The molecule has 1 aromatic carbocycles. The molecular weight excluding hydrogens is 398 g/mol. The zero-order valence-corrected chi connectivity index (χ0v) is 15.9. The molecule has 1 unspecified atom stereocenters. The molecule has 2 aliphatic heterocycles. The summed E-state index contributed by atoms with van der Waals surface area (Å²) in [5.74, 6) is -3.80. The number of benzene rings is 1.